The van der Waals surface area contributed by atoms with Crippen molar-refractivity contribution in [1.29, 1.82) is 0 Å². The number of hydrogen-bond acceptors (Lipinski definition) is 4. The van der Waals surface area contributed by atoms with Crippen LogP contribution in [0.25, 0.3) is 0 Å². The predicted octanol–water partition coefficient (Wildman–Crippen LogP) is 2.29. The minimum Gasteiger partial charge on any atom is -0.466 e. The number of carbonyl (C=O) groups is 1. The van der Waals surface area contributed by atoms with Gasteiger partial charge in [-0.1, -0.05) is 27.7 Å². The lowest BCUT2D eigenvalue weighted by Gasteiger charge is -2.38. The van der Waals surface area contributed by atoms with Gasteiger partial charge in [-0.25, -0.2) is 0 Å². The molecule has 1 saturated heterocycles. The van der Waals surface area contributed by atoms with Gasteiger partial charge in [0, 0.05) is 32.1 Å². The first-order valence-electron chi connectivity index (χ1n) is 7.95. The third-order valence-corrected chi connectivity index (χ3v) is 3.74. The number of ether oxygens (including phenoxy) is 1. The largest absolute Gasteiger partial charge is 0.466 e. The highest BCUT2D eigenvalue weighted by molar-refractivity contribution is 5.69. The van der Waals surface area contributed by atoms with E-state index in [0.29, 0.717) is 30.4 Å². The van der Waals surface area contributed by atoms with Crippen molar-refractivity contribution in [2.75, 3.05) is 32.8 Å². The van der Waals surface area contributed by atoms with E-state index in [2.05, 4.69) is 37.9 Å². The summed E-state index contributed by atoms with van der Waals surface area (Å²) in [6.45, 7) is 15.4. The van der Waals surface area contributed by atoms with Gasteiger partial charge in [0.25, 0.3) is 0 Å². The topological polar surface area (TPSA) is 41.6 Å². The lowest BCUT2D eigenvalue weighted by Crippen LogP contribution is -2.51. The highest BCUT2D eigenvalue weighted by atomic mass is 16.5. The standard InChI is InChI=1S/C16H32N2O2/c1-6-18-10-13(9-15(19)20-7-2)8-14(11-18)17-12-16(3,4)5/h13-14,17H,6-12H2,1-5H3. The third kappa shape index (κ3) is 6.71. The third-order valence-electron chi connectivity index (χ3n) is 3.74. The molecule has 2 atom stereocenters. The van der Waals surface area contributed by atoms with Gasteiger partial charge >= 0.3 is 5.97 Å². The summed E-state index contributed by atoms with van der Waals surface area (Å²) in [6.07, 6.45) is 1.63. The van der Waals surface area contributed by atoms with Gasteiger partial charge in [0.1, 0.15) is 0 Å². The van der Waals surface area contributed by atoms with Crippen LogP contribution in [0.4, 0.5) is 0 Å². The molecular weight excluding hydrogens is 252 g/mol. The first-order valence-corrected chi connectivity index (χ1v) is 7.95. The van der Waals surface area contributed by atoms with Crippen molar-refractivity contribution in [2.24, 2.45) is 11.3 Å². The van der Waals surface area contributed by atoms with Crippen LogP contribution < -0.4 is 5.32 Å². The zero-order valence-corrected chi connectivity index (χ0v) is 13.9. The maximum absolute atomic E-state index is 11.7. The molecule has 0 saturated carbocycles. The number of carbonyl (C=O) groups excluding carboxylic acids is 1. The van der Waals surface area contributed by atoms with E-state index in [1.54, 1.807) is 0 Å². The SMILES string of the molecule is CCOC(=O)CC1CC(NCC(C)(C)C)CN(CC)C1. The number of nitrogens with zero attached hydrogens (tertiary/aromatic N) is 1. The Bertz CT molecular complexity index is 299. The normalized spacial score (nSPS) is 24.6. The van der Waals surface area contributed by atoms with Crippen molar-refractivity contribution in [3.8, 4) is 0 Å². The Labute approximate surface area is 124 Å². The molecular formula is C16H32N2O2. The number of rotatable bonds is 6. The summed E-state index contributed by atoms with van der Waals surface area (Å²) in [5, 5.41) is 3.67. The van der Waals surface area contributed by atoms with E-state index in [4.69, 9.17) is 4.74 Å². The summed E-state index contributed by atoms with van der Waals surface area (Å²) in [4.78, 5) is 14.1. The molecule has 0 amide bonds. The molecule has 1 N–H and O–H groups in total. The van der Waals surface area contributed by atoms with Gasteiger partial charge in [0.15, 0.2) is 0 Å². The minimum absolute atomic E-state index is 0.0509. The molecule has 118 valence electrons. The Balaban J connectivity index is 2.49. The number of esters is 1. The number of hydrogen-bond donors (Lipinski definition) is 1. The second-order valence-corrected chi connectivity index (χ2v) is 7.10. The van der Waals surface area contributed by atoms with Crippen molar-refractivity contribution in [3.05, 3.63) is 0 Å². The maximum Gasteiger partial charge on any atom is 0.306 e. The molecule has 0 aliphatic carbocycles. The van der Waals surface area contributed by atoms with Crippen molar-refractivity contribution in [3.63, 3.8) is 0 Å². The quantitative estimate of drug-likeness (QED) is 0.760. The van der Waals surface area contributed by atoms with Crippen LogP contribution in [-0.4, -0.2) is 49.7 Å². The lowest BCUT2D eigenvalue weighted by atomic mass is 9.90. The van der Waals surface area contributed by atoms with E-state index >= 15 is 0 Å². The summed E-state index contributed by atoms with van der Waals surface area (Å²) in [5.74, 6) is 0.366. The second kappa shape index (κ2) is 7.99. The van der Waals surface area contributed by atoms with Crippen LogP contribution in [0.1, 0.15) is 47.5 Å². The van der Waals surface area contributed by atoms with Crippen LogP contribution in [0.3, 0.4) is 0 Å². The molecule has 0 aromatic carbocycles. The van der Waals surface area contributed by atoms with E-state index in [9.17, 15) is 4.79 Å². The first-order chi connectivity index (χ1) is 9.34. The van der Waals surface area contributed by atoms with Crippen LogP contribution in [0, 0.1) is 11.3 Å². The molecule has 4 heteroatoms. The number of piperidine rings is 1. The molecule has 0 aromatic rings. The summed E-state index contributed by atoms with van der Waals surface area (Å²) >= 11 is 0. The second-order valence-electron chi connectivity index (χ2n) is 7.10. The molecule has 2 unspecified atom stereocenters. The minimum atomic E-state index is -0.0509. The molecule has 0 spiro atoms. The van der Waals surface area contributed by atoms with Crippen LogP contribution in [0.15, 0.2) is 0 Å². The van der Waals surface area contributed by atoms with E-state index in [1.165, 1.54) is 0 Å². The van der Waals surface area contributed by atoms with Gasteiger partial charge in [-0.3, -0.25) is 4.79 Å². The summed E-state index contributed by atoms with van der Waals surface area (Å²) < 4.78 is 5.09. The summed E-state index contributed by atoms with van der Waals surface area (Å²) in [5.41, 5.74) is 0.297. The van der Waals surface area contributed by atoms with Gasteiger partial charge in [0.05, 0.1) is 6.61 Å². The predicted molar refractivity (Wildman–Crippen MR) is 82.7 cm³/mol. The highest BCUT2D eigenvalue weighted by Crippen LogP contribution is 2.21. The Kier molecular flexibility index (Phi) is 6.96. The monoisotopic (exact) mass is 284 g/mol. The molecule has 1 fully saturated rings. The molecule has 0 bridgehead atoms. The maximum atomic E-state index is 11.7. The van der Waals surface area contributed by atoms with Crippen LogP contribution in [0.2, 0.25) is 0 Å². The highest BCUT2D eigenvalue weighted by Gasteiger charge is 2.28. The molecule has 1 aliphatic heterocycles. The van der Waals surface area contributed by atoms with Gasteiger partial charge < -0.3 is 15.0 Å². The molecule has 4 nitrogen and oxygen atoms in total. The molecule has 1 aliphatic rings. The van der Waals surface area contributed by atoms with Gasteiger partial charge in [0.2, 0.25) is 0 Å². The number of nitrogens with one attached hydrogen (secondary N) is 1. The molecule has 20 heavy (non-hydrogen) atoms. The average molecular weight is 284 g/mol. The lowest BCUT2D eigenvalue weighted by molar-refractivity contribution is -0.144. The molecule has 1 heterocycles. The number of likely N-dealkylation sites (tertiary alicyclic amines) is 1. The van der Waals surface area contributed by atoms with Gasteiger partial charge in [-0.15, -0.1) is 0 Å². The van der Waals surface area contributed by atoms with Crippen LogP contribution in [0.5, 0.6) is 0 Å². The van der Waals surface area contributed by atoms with Crippen LogP contribution >= 0.6 is 0 Å². The summed E-state index contributed by atoms with van der Waals surface area (Å²) in [7, 11) is 0. The average Bonchev–Trinajstić information content (AvgIpc) is 2.35. The Morgan fingerprint density at radius 3 is 2.55 bits per heavy atom. The zero-order chi connectivity index (χ0) is 15.2. The fourth-order valence-corrected chi connectivity index (χ4v) is 2.76. The smallest absolute Gasteiger partial charge is 0.306 e. The molecule has 0 radical (unpaired) electrons. The van der Waals surface area contributed by atoms with E-state index in [1.807, 2.05) is 6.92 Å². The zero-order valence-electron chi connectivity index (χ0n) is 13.9. The summed E-state index contributed by atoms with van der Waals surface area (Å²) in [6, 6.07) is 0.488. The Hall–Kier alpha value is -0.610. The molecule has 0 aromatic heterocycles. The Morgan fingerprint density at radius 1 is 1.30 bits per heavy atom. The number of likely N-dealkylation sites (N-methyl/N-ethyl adjacent to an activating group) is 1. The van der Waals surface area contributed by atoms with Crippen molar-refractivity contribution < 1.29 is 9.53 Å². The van der Waals surface area contributed by atoms with Gasteiger partial charge in [-0.2, -0.15) is 0 Å². The van der Waals surface area contributed by atoms with Crippen molar-refractivity contribution in [2.45, 2.75) is 53.5 Å². The first kappa shape index (κ1) is 17.4. The van der Waals surface area contributed by atoms with E-state index < -0.39 is 0 Å². The van der Waals surface area contributed by atoms with E-state index in [0.717, 1.165) is 32.6 Å². The fourth-order valence-electron chi connectivity index (χ4n) is 2.76. The van der Waals surface area contributed by atoms with Crippen molar-refractivity contribution in [1.82, 2.24) is 10.2 Å². The fraction of sp³-hybridized carbons (Fsp3) is 0.938. The van der Waals surface area contributed by atoms with Crippen molar-refractivity contribution >= 4 is 5.97 Å². The van der Waals surface area contributed by atoms with Gasteiger partial charge in [-0.05, 0) is 31.2 Å². The van der Waals surface area contributed by atoms with E-state index in [-0.39, 0.29) is 5.97 Å². The van der Waals surface area contributed by atoms with Crippen LogP contribution in [-0.2, 0) is 9.53 Å². The Morgan fingerprint density at radius 2 is 2.00 bits per heavy atom. The molecule has 1 rings (SSSR count).